The van der Waals surface area contributed by atoms with Crippen molar-refractivity contribution >= 4 is 17.6 Å². The van der Waals surface area contributed by atoms with E-state index in [0.717, 1.165) is 16.9 Å². The van der Waals surface area contributed by atoms with Gasteiger partial charge in [0.1, 0.15) is 29.1 Å². The highest BCUT2D eigenvalue weighted by atomic mass is 32.2. The molecule has 0 saturated heterocycles. The van der Waals surface area contributed by atoms with Gasteiger partial charge in [-0.2, -0.15) is 0 Å². The first-order chi connectivity index (χ1) is 10.7. The maximum Gasteiger partial charge on any atom is 0.182 e. The summed E-state index contributed by atoms with van der Waals surface area (Å²) in [6.45, 7) is 1.99. The summed E-state index contributed by atoms with van der Waals surface area (Å²) in [5, 5.41) is 0. The maximum atomic E-state index is 12.1. The molecule has 110 valence electrons. The van der Waals surface area contributed by atoms with Crippen molar-refractivity contribution in [2.45, 2.75) is 11.8 Å². The van der Waals surface area contributed by atoms with Crippen LogP contribution < -0.4 is 0 Å². The fourth-order valence-electron chi connectivity index (χ4n) is 2.00. The van der Waals surface area contributed by atoms with Crippen LogP contribution in [0.15, 0.2) is 80.4 Å². The molecule has 3 nitrogen and oxygen atoms in total. The van der Waals surface area contributed by atoms with E-state index < -0.39 is 11.4 Å². The van der Waals surface area contributed by atoms with E-state index in [0.29, 0.717) is 10.7 Å². The zero-order chi connectivity index (χ0) is 15.4. The molecule has 0 unspecified atom stereocenters. The van der Waals surface area contributed by atoms with Crippen LogP contribution >= 0.6 is 0 Å². The second-order valence-electron chi connectivity index (χ2n) is 4.86. The smallest absolute Gasteiger partial charge is 0.182 e. The number of hydrogen-bond donors (Lipinski definition) is 0. The highest BCUT2D eigenvalue weighted by molar-refractivity contribution is 7.90. The molecule has 2 aromatic carbocycles. The van der Waals surface area contributed by atoms with Crippen LogP contribution in [0.2, 0.25) is 0 Å². The average Bonchev–Trinajstić information content (AvgIpc) is 3.03. The first kappa shape index (κ1) is 14.6. The van der Waals surface area contributed by atoms with E-state index in [4.69, 9.17) is 4.42 Å². The van der Waals surface area contributed by atoms with Gasteiger partial charge in [-0.3, -0.25) is 0 Å². The zero-order valence-electron chi connectivity index (χ0n) is 12.1. The van der Waals surface area contributed by atoms with E-state index >= 15 is 0 Å². The topological polar surface area (TPSA) is 48.6 Å². The van der Waals surface area contributed by atoms with Crippen LogP contribution in [0.25, 0.3) is 11.3 Å². The highest BCUT2D eigenvalue weighted by Crippen LogP contribution is 2.21. The van der Waals surface area contributed by atoms with Crippen LogP contribution in [-0.4, -0.2) is 10.8 Å². The number of nitrogens with zero attached hydrogens (tertiary/aromatic N) is 1. The monoisotopic (exact) mass is 309 g/mol. The van der Waals surface area contributed by atoms with Crippen LogP contribution in [0.5, 0.6) is 0 Å². The number of benzene rings is 2. The Morgan fingerprint density at radius 1 is 0.955 bits per heavy atom. The lowest BCUT2D eigenvalue weighted by molar-refractivity contribution is 0.574. The van der Waals surface area contributed by atoms with Crippen molar-refractivity contribution in [3.63, 3.8) is 0 Å². The lowest BCUT2D eigenvalue weighted by Gasteiger charge is -2.01. The van der Waals surface area contributed by atoms with Gasteiger partial charge in [0, 0.05) is 5.56 Å². The fourth-order valence-corrected chi connectivity index (χ4v) is 2.69. The van der Waals surface area contributed by atoms with Crippen molar-refractivity contribution in [2.24, 2.45) is 4.40 Å². The lowest BCUT2D eigenvalue weighted by Crippen LogP contribution is -1.97. The third-order valence-electron chi connectivity index (χ3n) is 3.18. The van der Waals surface area contributed by atoms with Crippen molar-refractivity contribution in [3.8, 4) is 11.3 Å². The summed E-state index contributed by atoms with van der Waals surface area (Å²) in [7, 11) is 0. The molecule has 1 atom stereocenters. The van der Waals surface area contributed by atoms with E-state index in [2.05, 4.69) is 4.40 Å². The second-order valence-corrected chi connectivity index (χ2v) is 6.05. The first-order valence-electron chi connectivity index (χ1n) is 6.90. The Balaban J connectivity index is 1.73. The number of hydrogen-bond acceptors (Lipinski definition) is 3. The van der Waals surface area contributed by atoms with Gasteiger partial charge in [-0.05, 0) is 31.2 Å². The summed E-state index contributed by atoms with van der Waals surface area (Å²) in [5.41, 5.74) is 2.13. The largest absolute Gasteiger partial charge is 0.586 e. The van der Waals surface area contributed by atoms with Gasteiger partial charge < -0.3 is 8.97 Å². The molecule has 4 heteroatoms. The third kappa shape index (κ3) is 3.47. The van der Waals surface area contributed by atoms with Crippen molar-refractivity contribution in [3.05, 3.63) is 78.1 Å². The van der Waals surface area contributed by atoms with Gasteiger partial charge in [-0.25, -0.2) is 0 Å². The van der Waals surface area contributed by atoms with Crippen LogP contribution in [0.3, 0.4) is 0 Å². The molecule has 0 bridgehead atoms. The van der Waals surface area contributed by atoms with Gasteiger partial charge in [-0.15, -0.1) is 0 Å². The van der Waals surface area contributed by atoms with Gasteiger partial charge >= 0.3 is 0 Å². The van der Waals surface area contributed by atoms with E-state index in [1.807, 2.05) is 73.7 Å². The molecular weight excluding hydrogens is 294 g/mol. The van der Waals surface area contributed by atoms with E-state index in [1.54, 1.807) is 0 Å². The minimum absolute atomic E-state index is 0.583. The van der Waals surface area contributed by atoms with Crippen LogP contribution in [0, 0.1) is 6.92 Å². The Bertz CT molecular complexity index is 763. The van der Waals surface area contributed by atoms with E-state index in [1.165, 1.54) is 6.21 Å². The molecule has 3 aromatic rings. The van der Waals surface area contributed by atoms with Gasteiger partial charge in [0.15, 0.2) is 4.90 Å². The molecule has 0 spiro atoms. The highest BCUT2D eigenvalue weighted by Gasteiger charge is 2.09. The van der Waals surface area contributed by atoms with Crippen LogP contribution in [-0.2, 0) is 11.4 Å². The molecule has 22 heavy (non-hydrogen) atoms. The molecule has 0 radical (unpaired) electrons. The predicted molar refractivity (Wildman–Crippen MR) is 89.3 cm³/mol. The predicted octanol–water partition coefficient (Wildman–Crippen LogP) is 4.40. The normalized spacial score (nSPS) is 12.6. The van der Waals surface area contributed by atoms with Crippen molar-refractivity contribution in [2.75, 3.05) is 0 Å². The maximum absolute atomic E-state index is 12.1. The molecule has 0 fully saturated rings. The quantitative estimate of drug-likeness (QED) is 0.530. The van der Waals surface area contributed by atoms with Crippen LogP contribution in [0.4, 0.5) is 0 Å². The summed E-state index contributed by atoms with van der Waals surface area (Å²) in [4.78, 5) is 0.677. The van der Waals surface area contributed by atoms with E-state index in [9.17, 15) is 4.55 Å². The third-order valence-corrected chi connectivity index (χ3v) is 4.16. The Morgan fingerprint density at radius 2 is 1.68 bits per heavy atom. The summed E-state index contributed by atoms with van der Waals surface area (Å²) in [6.07, 6.45) is 1.50. The Morgan fingerprint density at radius 3 is 2.41 bits per heavy atom. The molecule has 1 heterocycles. The molecule has 0 amide bonds. The molecule has 1 aromatic heterocycles. The first-order valence-corrected chi connectivity index (χ1v) is 8.01. The standard InChI is InChI=1S/C18H15NO2S/c1-14-7-10-17(11-8-14)22(20)19-13-16-9-12-18(21-16)15-5-3-2-4-6-15/h2-13H,1H3/t22-/m1/s1. The van der Waals surface area contributed by atoms with Gasteiger partial charge in [0.2, 0.25) is 0 Å². The van der Waals surface area contributed by atoms with Crippen molar-refractivity contribution in [1.82, 2.24) is 0 Å². The van der Waals surface area contributed by atoms with E-state index in [-0.39, 0.29) is 0 Å². The molecule has 0 aliphatic rings. The summed E-state index contributed by atoms with van der Waals surface area (Å²) >= 11 is -1.42. The number of aryl methyl sites for hydroxylation is 1. The molecular formula is C18H15NO2S. The molecule has 0 aliphatic heterocycles. The van der Waals surface area contributed by atoms with Gasteiger partial charge in [-0.1, -0.05) is 52.4 Å². The zero-order valence-corrected chi connectivity index (χ0v) is 12.9. The Kier molecular flexibility index (Phi) is 4.42. The van der Waals surface area contributed by atoms with Gasteiger partial charge in [0.25, 0.3) is 0 Å². The lowest BCUT2D eigenvalue weighted by atomic mass is 10.2. The molecule has 0 saturated carbocycles. The Hall–Kier alpha value is -2.30. The summed E-state index contributed by atoms with van der Waals surface area (Å²) in [6, 6.07) is 21.0. The fraction of sp³-hybridized carbons (Fsp3) is 0.0556. The van der Waals surface area contributed by atoms with Crippen molar-refractivity contribution in [1.29, 1.82) is 0 Å². The van der Waals surface area contributed by atoms with Gasteiger partial charge in [0.05, 0.1) is 0 Å². The van der Waals surface area contributed by atoms with Crippen LogP contribution in [0.1, 0.15) is 11.3 Å². The SMILES string of the molecule is Cc1ccc([S@@+]([O-])N=Cc2ccc(-c3ccccc3)o2)cc1. The Labute approximate surface area is 132 Å². The van der Waals surface area contributed by atoms with Crippen molar-refractivity contribution < 1.29 is 8.97 Å². The minimum Gasteiger partial charge on any atom is -0.586 e. The molecule has 0 N–H and O–H groups in total. The average molecular weight is 309 g/mol. The number of rotatable bonds is 4. The molecule has 0 aliphatic carbocycles. The summed E-state index contributed by atoms with van der Waals surface area (Å²) < 4.78 is 21.8. The molecule has 3 rings (SSSR count). The second kappa shape index (κ2) is 6.64. The number of furan rings is 1. The summed E-state index contributed by atoms with van der Waals surface area (Å²) in [5.74, 6) is 1.35. The minimum atomic E-state index is -1.42.